The molecule has 1 heterocycles. The van der Waals surface area contributed by atoms with Gasteiger partial charge in [0.15, 0.2) is 0 Å². The molecule has 1 unspecified atom stereocenters. The number of carbonyl (C=O) groups excluding carboxylic acids is 1. The third kappa shape index (κ3) is 4.31. The number of nitrogens with zero attached hydrogens (tertiary/aromatic N) is 1. The summed E-state index contributed by atoms with van der Waals surface area (Å²) in [7, 11) is 1.65. The largest absolute Gasteiger partial charge is 0.382 e. The molecule has 114 valence electrons. The number of carbonyl (C=O) groups is 1. The highest BCUT2D eigenvalue weighted by molar-refractivity contribution is 5.85. The molecule has 1 aliphatic heterocycles. The van der Waals surface area contributed by atoms with E-state index in [9.17, 15) is 4.79 Å². The van der Waals surface area contributed by atoms with Crippen LogP contribution in [0.1, 0.15) is 26.7 Å². The van der Waals surface area contributed by atoms with Gasteiger partial charge in [-0.05, 0) is 12.8 Å². The molecule has 1 fully saturated rings. The third-order valence-corrected chi connectivity index (χ3v) is 3.98. The first-order valence-corrected chi connectivity index (χ1v) is 6.73. The maximum absolute atomic E-state index is 12.6. The van der Waals surface area contributed by atoms with Crippen LogP contribution in [0.15, 0.2) is 0 Å². The van der Waals surface area contributed by atoms with Crippen molar-refractivity contribution in [2.75, 3.05) is 40.0 Å². The van der Waals surface area contributed by atoms with Crippen LogP contribution in [0.5, 0.6) is 0 Å². The predicted molar refractivity (Wildman–Crippen MR) is 77.5 cm³/mol. The van der Waals surface area contributed by atoms with Gasteiger partial charge in [0, 0.05) is 26.7 Å². The molecule has 1 saturated heterocycles. The summed E-state index contributed by atoms with van der Waals surface area (Å²) in [5, 5.41) is 0. The van der Waals surface area contributed by atoms with E-state index in [1.807, 2.05) is 18.7 Å². The predicted octanol–water partition coefficient (Wildman–Crippen LogP) is 1.05. The van der Waals surface area contributed by atoms with Crippen LogP contribution in [-0.2, 0) is 14.3 Å². The summed E-state index contributed by atoms with van der Waals surface area (Å²) in [5.41, 5.74) is 5.42. The Kier molecular flexibility index (Phi) is 8.57. The lowest BCUT2D eigenvalue weighted by Crippen LogP contribution is -2.54. The van der Waals surface area contributed by atoms with Crippen LogP contribution in [0.4, 0.5) is 0 Å². The number of methoxy groups -OCH3 is 1. The Hall–Kier alpha value is -0.360. The lowest BCUT2D eigenvalue weighted by atomic mass is 9.80. The average Bonchev–Trinajstić information content (AvgIpc) is 2.42. The highest BCUT2D eigenvalue weighted by Crippen LogP contribution is 2.28. The van der Waals surface area contributed by atoms with Gasteiger partial charge in [0.1, 0.15) is 0 Å². The summed E-state index contributed by atoms with van der Waals surface area (Å²) in [4.78, 5) is 14.5. The second-order valence-electron chi connectivity index (χ2n) is 4.89. The molecule has 6 heteroatoms. The smallest absolute Gasteiger partial charge is 0.230 e. The van der Waals surface area contributed by atoms with Crippen molar-refractivity contribution in [1.82, 2.24) is 4.90 Å². The molecule has 1 amide bonds. The van der Waals surface area contributed by atoms with E-state index in [-0.39, 0.29) is 24.4 Å². The fraction of sp³-hybridized carbons (Fsp3) is 0.923. The van der Waals surface area contributed by atoms with Crippen LogP contribution in [-0.4, -0.2) is 56.9 Å². The normalized spacial score (nSPS) is 20.0. The number of rotatable bonds is 6. The number of ether oxygens (including phenoxy) is 2. The van der Waals surface area contributed by atoms with Crippen LogP contribution in [0, 0.1) is 5.41 Å². The van der Waals surface area contributed by atoms with Crippen molar-refractivity contribution >= 4 is 18.3 Å². The molecule has 0 aliphatic carbocycles. The molecule has 5 nitrogen and oxygen atoms in total. The van der Waals surface area contributed by atoms with Crippen molar-refractivity contribution in [3.05, 3.63) is 0 Å². The minimum absolute atomic E-state index is 0. The zero-order chi connectivity index (χ0) is 13.6. The molecule has 19 heavy (non-hydrogen) atoms. The van der Waals surface area contributed by atoms with Crippen molar-refractivity contribution in [2.45, 2.75) is 32.8 Å². The summed E-state index contributed by atoms with van der Waals surface area (Å²) < 4.78 is 10.6. The molecule has 2 N–H and O–H groups in total. The Morgan fingerprint density at radius 1 is 1.47 bits per heavy atom. The molecule has 0 spiro atoms. The standard InChI is InChI=1S/C13H26N2O3.ClH/c1-4-13(5-2,10-14)12(16)15-6-7-18-11(8-15)9-17-3;/h11H,4-10,14H2,1-3H3;1H. The topological polar surface area (TPSA) is 64.8 Å². The minimum Gasteiger partial charge on any atom is -0.382 e. The molecule has 1 aliphatic rings. The first kappa shape index (κ1) is 18.6. The number of hydrogen-bond acceptors (Lipinski definition) is 4. The van der Waals surface area contributed by atoms with E-state index >= 15 is 0 Å². The number of hydrogen-bond donors (Lipinski definition) is 1. The number of morpholine rings is 1. The molecular weight excluding hydrogens is 268 g/mol. The lowest BCUT2D eigenvalue weighted by Gasteiger charge is -2.39. The van der Waals surface area contributed by atoms with Crippen molar-refractivity contribution in [3.63, 3.8) is 0 Å². The van der Waals surface area contributed by atoms with Gasteiger partial charge in [0.25, 0.3) is 0 Å². The number of halogens is 1. The van der Waals surface area contributed by atoms with Gasteiger partial charge in [0.05, 0.1) is 24.7 Å². The van der Waals surface area contributed by atoms with Crippen molar-refractivity contribution in [3.8, 4) is 0 Å². The first-order valence-electron chi connectivity index (χ1n) is 6.73. The van der Waals surface area contributed by atoms with E-state index in [0.717, 1.165) is 12.8 Å². The van der Waals surface area contributed by atoms with Gasteiger partial charge in [-0.2, -0.15) is 0 Å². The number of nitrogens with two attached hydrogens (primary N) is 1. The maximum Gasteiger partial charge on any atom is 0.230 e. The van der Waals surface area contributed by atoms with Gasteiger partial charge in [-0.25, -0.2) is 0 Å². The van der Waals surface area contributed by atoms with Crippen LogP contribution in [0.25, 0.3) is 0 Å². The van der Waals surface area contributed by atoms with Crippen molar-refractivity contribution in [1.29, 1.82) is 0 Å². The van der Waals surface area contributed by atoms with Crippen LogP contribution in [0.2, 0.25) is 0 Å². The Bertz CT molecular complexity index is 262. The summed E-state index contributed by atoms with van der Waals surface area (Å²) in [6, 6.07) is 0. The van der Waals surface area contributed by atoms with Crippen molar-refractivity contribution < 1.29 is 14.3 Å². The van der Waals surface area contributed by atoms with Gasteiger partial charge < -0.3 is 20.1 Å². The second-order valence-corrected chi connectivity index (χ2v) is 4.89. The maximum atomic E-state index is 12.6. The van der Waals surface area contributed by atoms with E-state index in [4.69, 9.17) is 15.2 Å². The Balaban J connectivity index is 0.00000324. The molecule has 0 bridgehead atoms. The molecule has 0 aromatic carbocycles. The van der Waals surface area contributed by atoms with Gasteiger partial charge in [-0.15, -0.1) is 12.4 Å². The summed E-state index contributed by atoms with van der Waals surface area (Å²) in [6.45, 7) is 6.83. The fourth-order valence-electron chi connectivity index (χ4n) is 2.45. The average molecular weight is 295 g/mol. The molecule has 1 rings (SSSR count). The highest BCUT2D eigenvalue weighted by atomic mass is 35.5. The molecular formula is C13H27ClN2O3. The van der Waals surface area contributed by atoms with Crippen molar-refractivity contribution in [2.24, 2.45) is 11.1 Å². The van der Waals surface area contributed by atoms with E-state index in [2.05, 4.69) is 0 Å². The Morgan fingerprint density at radius 2 is 2.11 bits per heavy atom. The van der Waals surface area contributed by atoms with E-state index in [1.54, 1.807) is 7.11 Å². The van der Waals surface area contributed by atoms with Crippen LogP contribution in [0.3, 0.4) is 0 Å². The number of amides is 1. The van der Waals surface area contributed by atoms with Crippen LogP contribution < -0.4 is 5.73 Å². The Labute approximate surface area is 122 Å². The zero-order valence-electron chi connectivity index (χ0n) is 12.2. The lowest BCUT2D eigenvalue weighted by molar-refractivity contribution is -0.151. The van der Waals surface area contributed by atoms with E-state index in [1.165, 1.54) is 0 Å². The first-order chi connectivity index (χ1) is 8.63. The molecule has 0 radical (unpaired) electrons. The van der Waals surface area contributed by atoms with Crippen LogP contribution >= 0.6 is 12.4 Å². The quantitative estimate of drug-likeness (QED) is 0.795. The third-order valence-electron chi connectivity index (χ3n) is 3.98. The molecule has 0 saturated carbocycles. The highest BCUT2D eigenvalue weighted by Gasteiger charge is 2.38. The van der Waals surface area contributed by atoms with Gasteiger partial charge in [-0.1, -0.05) is 13.8 Å². The van der Waals surface area contributed by atoms with Gasteiger partial charge >= 0.3 is 0 Å². The van der Waals surface area contributed by atoms with Gasteiger partial charge in [0.2, 0.25) is 5.91 Å². The summed E-state index contributed by atoms with van der Waals surface area (Å²) in [5.74, 6) is 0.166. The monoisotopic (exact) mass is 294 g/mol. The molecule has 0 aromatic heterocycles. The molecule has 0 aromatic rings. The fourth-order valence-corrected chi connectivity index (χ4v) is 2.45. The zero-order valence-corrected chi connectivity index (χ0v) is 13.0. The summed E-state index contributed by atoms with van der Waals surface area (Å²) in [6.07, 6.45) is 1.55. The van der Waals surface area contributed by atoms with Gasteiger partial charge in [-0.3, -0.25) is 4.79 Å². The van der Waals surface area contributed by atoms with E-state index in [0.29, 0.717) is 32.8 Å². The SMILES string of the molecule is CCC(CC)(CN)C(=O)N1CCOC(COC)C1.Cl. The molecule has 1 atom stereocenters. The minimum atomic E-state index is -0.408. The summed E-state index contributed by atoms with van der Waals surface area (Å²) >= 11 is 0. The Morgan fingerprint density at radius 3 is 2.58 bits per heavy atom. The second kappa shape index (κ2) is 8.74. The van der Waals surface area contributed by atoms with E-state index < -0.39 is 5.41 Å².